The summed E-state index contributed by atoms with van der Waals surface area (Å²) in [5.74, 6) is 1.71. The number of nitrogens with one attached hydrogen (secondary N) is 1. The summed E-state index contributed by atoms with van der Waals surface area (Å²) < 4.78 is 5.93. The first-order chi connectivity index (χ1) is 7.22. The van der Waals surface area contributed by atoms with Gasteiger partial charge in [0.25, 0.3) is 0 Å². The first kappa shape index (κ1) is 13.0. The van der Waals surface area contributed by atoms with Gasteiger partial charge in [0, 0.05) is 6.61 Å². The molecule has 1 N–H and O–H groups in total. The minimum atomic E-state index is 0.533. The summed E-state index contributed by atoms with van der Waals surface area (Å²) in [4.78, 5) is 0. The van der Waals surface area contributed by atoms with Gasteiger partial charge in [0.1, 0.15) is 0 Å². The molecule has 0 heterocycles. The van der Waals surface area contributed by atoms with Crippen molar-refractivity contribution in [1.82, 2.24) is 5.32 Å². The van der Waals surface area contributed by atoms with Gasteiger partial charge >= 0.3 is 0 Å². The van der Waals surface area contributed by atoms with Crippen LogP contribution in [0.15, 0.2) is 0 Å². The predicted octanol–water partition coefficient (Wildman–Crippen LogP) is 2.83. The Kier molecular flexibility index (Phi) is 6.26. The molecular formula is C13H27NO. The van der Waals surface area contributed by atoms with E-state index >= 15 is 0 Å². The van der Waals surface area contributed by atoms with Crippen LogP contribution in [0.25, 0.3) is 0 Å². The maximum absolute atomic E-state index is 5.93. The van der Waals surface area contributed by atoms with Crippen LogP contribution >= 0.6 is 0 Å². The highest BCUT2D eigenvalue weighted by atomic mass is 16.5. The SMILES string of the molecule is CCNCCCOC1CC(C)CC(C)C1. The number of ether oxygens (including phenoxy) is 1. The molecule has 1 rings (SSSR count). The van der Waals surface area contributed by atoms with Gasteiger partial charge in [-0.3, -0.25) is 0 Å². The smallest absolute Gasteiger partial charge is 0.0580 e. The summed E-state index contributed by atoms with van der Waals surface area (Å²) in [6.45, 7) is 9.93. The van der Waals surface area contributed by atoms with Crippen molar-refractivity contribution in [3.05, 3.63) is 0 Å². The molecule has 1 aliphatic rings. The molecule has 0 aromatic carbocycles. The van der Waals surface area contributed by atoms with Crippen LogP contribution in [0.4, 0.5) is 0 Å². The highest BCUT2D eigenvalue weighted by Crippen LogP contribution is 2.30. The molecule has 0 radical (unpaired) electrons. The predicted molar refractivity (Wildman–Crippen MR) is 65.1 cm³/mol. The topological polar surface area (TPSA) is 21.3 Å². The van der Waals surface area contributed by atoms with Gasteiger partial charge in [-0.15, -0.1) is 0 Å². The molecule has 0 aromatic rings. The minimum absolute atomic E-state index is 0.533. The molecule has 1 fully saturated rings. The largest absolute Gasteiger partial charge is 0.378 e. The molecular weight excluding hydrogens is 186 g/mol. The Morgan fingerprint density at radius 1 is 1.13 bits per heavy atom. The minimum Gasteiger partial charge on any atom is -0.378 e. The number of hydrogen-bond acceptors (Lipinski definition) is 2. The van der Waals surface area contributed by atoms with E-state index in [9.17, 15) is 0 Å². The number of rotatable bonds is 6. The maximum atomic E-state index is 5.93. The molecule has 1 saturated carbocycles. The first-order valence-corrected chi connectivity index (χ1v) is 6.54. The Labute approximate surface area is 94.8 Å². The van der Waals surface area contributed by atoms with Crippen LogP contribution in [0.2, 0.25) is 0 Å². The Morgan fingerprint density at radius 2 is 1.80 bits per heavy atom. The molecule has 0 spiro atoms. The molecule has 0 saturated heterocycles. The zero-order valence-corrected chi connectivity index (χ0v) is 10.6. The van der Waals surface area contributed by atoms with Gasteiger partial charge in [0.05, 0.1) is 6.10 Å². The van der Waals surface area contributed by atoms with Gasteiger partial charge in [-0.25, -0.2) is 0 Å². The van der Waals surface area contributed by atoms with Gasteiger partial charge in [0.2, 0.25) is 0 Å². The summed E-state index contributed by atoms with van der Waals surface area (Å²) in [7, 11) is 0. The molecule has 0 bridgehead atoms. The molecule has 0 aliphatic heterocycles. The molecule has 1 aliphatic carbocycles. The monoisotopic (exact) mass is 213 g/mol. The normalized spacial score (nSPS) is 31.8. The van der Waals surface area contributed by atoms with Crippen LogP contribution in [-0.4, -0.2) is 25.8 Å². The van der Waals surface area contributed by atoms with Gasteiger partial charge in [-0.05, 0) is 50.6 Å². The van der Waals surface area contributed by atoms with E-state index in [1.54, 1.807) is 0 Å². The average Bonchev–Trinajstić information content (AvgIpc) is 2.16. The van der Waals surface area contributed by atoms with Crippen LogP contribution in [0.3, 0.4) is 0 Å². The van der Waals surface area contributed by atoms with Crippen molar-refractivity contribution in [2.24, 2.45) is 11.8 Å². The Balaban J connectivity index is 2.04. The van der Waals surface area contributed by atoms with Crippen LogP contribution in [0, 0.1) is 11.8 Å². The Hall–Kier alpha value is -0.0800. The fraction of sp³-hybridized carbons (Fsp3) is 1.00. The lowest BCUT2D eigenvalue weighted by atomic mass is 9.82. The van der Waals surface area contributed by atoms with E-state index in [0.717, 1.165) is 38.0 Å². The quantitative estimate of drug-likeness (QED) is 0.685. The van der Waals surface area contributed by atoms with Crippen LogP contribution in [0.5, 0.6) is 0 Å². The Morgan fingerprint density at radius 3 is 2.40 bits per heavy atom. The lowest BCUT2D eigenvalue weighted by Gasteiger charge is -2.31. The van der Waals surface area contributed by atoms with E-state index in [0.29, 0.717) is 6.10 Å². The molecule has 90 valence electrons. The highest BCUT2D eigenvalue weighted by Gasteiger charge is 2.23. The van der Waals surface area contributed by atoms with Gasteiger partial charge < -0.3 is 10.1 Å². The summed E-state index contributed by atoms with van der Waals surface area (Å²) in [6, 6.07) is 0. The molecule has 15 heavy (non-hydrogen) atoms. The maximum Gasteiger partial charge on any atom is 0.0580 e. The second-order valence-electron chi connectivity index (χ2n) is 5.12. The third kappa shape index (κ3) is 5.53. The summed E-state index contributed by atoms with van der Waals surface area (Å²) in [5, 5.41) is 3.32. The molecule has 2 atom stereocenters. The van der Waals surface area contributed by atoms with E-state index in [2.05, 4.69) is 26.1 Å². The van der Waals surface area contributed by atoms with Crippen molar-refractivity contribution in [2.45, 2.75) is 52.6 Å². The van der Waals surface area contributed by atoms with Gasteiger partial charge in [-0.1, -0.05) is 20.8 Å². The van der Waals surface area contributed by atoms with Crippen LogP contribution in [0.1, 0.15) is 46.5 Å². The van der Waals surface area contributed by atoms with Crippen molar-refractivity contribution in [3.8, 4) is 0 Å². The second-order valence-corrected chi connectivity index (χ2v) is 5.12. The van der Waals surface area contributed by atoms with Crippen molar-refractivity contribution >= 4 is 0 Å². The summed E-state index contributed by atoms with van der Waals surface area (Å²) >= 11 is 0. The molecule has 2 nitrogen and oxygen atoms in total. The van der Waals surface area contributed by atoms with E-state index < -0.39 is 0 Å². The zero-order chi connectivity index (χ0) is 11.1. The average molecular weight is 213 g/mol. The molecule has 0 aromatic heterocycles. The van der Waals surface area contributed by atoms with Crippen LogP contribution in [-0.2, 0) is 4.74 Å². The third-order valence-electron chi connectivity index (χ3n) is 3.24. The van der Waals surface area contributed by atoms with Gasteiger partial charge in [0.15, 0.2) is 0 Å². The van der Waals surface area contributed by atoms with Crippen molar-refractivity contribution in [2.75, 3.05) is 19.7 Å². The van der Waals surface area contributed by atoms with E-state index in [-0.39, 0.29) is 0 Å². The molecule has 0 amide bonds. The molecule has 2 heteroatoms. The third-order valence-corrected chi connectivity index (χ3v) is 3.24. The van der Waals surface area contributed by atoms with E-state index in [4.69, 9.17) is 4.74 Å². The van der Waals surface area contributed by atoms with Crippen molar-refractivity contribution in [1.29, 1.82) is 0 Å². The number of hydrogen-bond donors (Lipinski definition) is 1. The first-order valence-electron chi connectivity index (χ1n) is 6.54. The standard InChI is InChI=1S/C13H27NO/c1-4-14-6-5-7-15-13-9-11(2)8-12(3)10-13/h11-14H,4-10H2,1-3H3. The fourth-order valence-electron chi connectivity index (χ4n) is 2.63. The fourth-order valence-corrected chi connectivity index (χ4v) is 2.63. The molecule has 2 unspecified atom stereocenters. The van der Waals surface area contributed by atoms with Crippen molar-refractivity contribution in [3.63, 3.8) is 0 Å². The summed E-state index contributed by atoms with van der Waals surface area (Å²) in [5.41, 5.74) is 0. The second kappa shape index (κ2) is 7.24. The summed E-state index contributed by atoms with van der Waals surface area (Å²) in [6.07, 6.45) is 5.60. The van der Waals surface area contributed by atoms with Gasteiger partial charge in [-0.2, -0.15) is 0 Å². The Bertz CT molecular complexity index is 151. The van der Waals surface area contributed by atoms with E-state index in [1.165, 1.54) is 19.3 Å². The highest BCUT2D eigenvalue weighted by molar-refractivity contribution is 4.75. The van der Waals surface area contributed by atoms with Crippen molar-refractivity contribution < 1.29 is 4.74 Å². The lowest BCUT2D eigenvalue weighted by Crippen LogP contribution is -2.27. The zero-order valence-electron chi connectivity index (χ0n) is 10.6. The lowest BCUT2D eigenvalue weighted by molar-refractivity contribution is 0.000241. The van der Waals surface area contributed by atoms with Crippen LogP contribution < -0.4 is 5.32 Å². The van der Waals surface area contributed by atoms with E-state index in [1.807, 2.05) is 0 Å².